The predicted molar refractivity (Wildman–Crippen MR) is 109 cm³/mol. The lowest BCUT2D eigenvalue weighted by atomic mass is 9.99. The Morgan fingerprint density at radius 1 is 0.966 bits per heavy atom. The van der Waals surface area contributed by atoms with Crippen LogP contribution in [0.3, 0.4) is 0 Å². The van der Waals surface area contributed by atoms with Crippen molar-refractivity contribution in [2.24, 2.45) is 5.10 Å². The molecule has 3 aliphatic heterocycles. The average molecular weight is 396 g/mol. The summed E-state index contributed by atoms with van der Waals surface area (Å²) in [4.78, 5) is 42.2. The largest absolute Gasteiger partial charge is 0.341 e. The number of carbonyl (C=O) groups excluding carboxylic acids is 3. The van der Waals surface area contributed by atoms with E-state index in [1.165, 1.54) is 5.01 Å². The molecule has 2 saturated heterocycles. The molecule has 3 aliphatic rings. The molecule has 3 amide bonds. The van der Waals surface area contributed by atoms with Crippen LogP contribution in [0.4, 0.5) is 0 Å². The molecule has 0 aromatic heterocycles. The highest BCUT2D eigenvalue weighted by Crippen LogP contribution is 2.23. The molecule has 0 radical (unpaired) electrons. The Balaban J connectivity index is 1.50. The summed E-state index contributed by atoms with van der Waals surface area (Å²) in [6, 6.07) is 9.25. The first-order valence-corrected chi connectivity index (χ1v) is 10.6. The molecule has 0 saturated carbocycles. The number of hydrogen-bond acceptors (Lipinski definition) is 4. The van der Waals surface area contributed by atoms with Crippen molar-refractivity contribution >= 4 is 23.4 Å². The molecule has 1 atom stereocenters. The summed E-state index contributed by atoms with van der Waals surface area (Å²) in [5.74, 6) is -0.189. The quantitative estimate of drug-likeness (QED) is 0.783. The van der Waals surface area contributed by atoms with E-state index in [0.717, 1.165) is 44.3 Å². The second-order valence-corrected chi connectivity index (χ2v) is 8.03. The lowest BCUT2D eigenvalue weighted by molar-refractivity contribution is -0.144. The first kappa shape index (κ1) is 19.6. The van der Waals surface area contributed by atoms with Gasteiger partial charge < -0.3 is 9.80 Å². The average Bonchev–Trinajstić information content (AvgIpc) is 3.30. The number of hydrazone groups is 1. The van der Waals surface area contributed by atoms with Crippen molar-refractivity contribution in [3.63, 3.8) is 0 Å². The maximum Gasteiger partial charge on any atom is 0.270 e. The lowest BCUT2D eigenvalue weighted by Gasteiger charge is -2.37. The van der Waals surface area contributed by atoms with Gasteiger partial charge in [-0.1, -0.05) is 30.3 Å². The smallest absolute Gasteiger partial charge is 0.270 e. The van der Waals surface area contributed by atoms with Gasteiger partial charge in [-0.25, -0.2) is 5.01 Å². The number of rotatable bonds is 4. The monoisotopic (exact) mass is 396 g/mol. The topological polar surface area (TPSA) is 73.3 Å². The van der Waals surface area contributed by atoms with Gasteiger partial charge in [0.05, 0.1) is 6.54 Å². The third-order valence-corrected chi connectivity index (χ3v) is 5.99. The highest BCUT2D eigenvalue weighted by molar-refractivity contribution is 6.39. The third-order valence-electron chi connectivity index (χ3n) is 5.99. The molecule has 0 bridgehead atoms. The number of piperidine rings is 1. The zero-order chi connectivity index (χ0) is 20.2. The Hall–Kier alpha value is -2.70. The minimum atomic E-state index is -0.391. The van der Waals surface area contributed by atoms with Gasteiger partial charge in [-0.05, 0) is 37.7 Å². The Labute approximate surface area is 171 Å². The van der Waals surface area contributed by atoms with E-state index in [9.17, 15) is 14.4 Å². The Morgan fingerprint density at radius 2 is 1.69 bits per heavy atom. The molecule has 0 spiro atoms. The van der Waals surface area contributed by atoms with E-state index in [2.05, 4.69) is 5.10 Å². The van der Waals surface area contributed by atoms with Gasteiger partial charge in [0, 0.05) is 32.5 Å². The summed E-state index contributed by atoms with van der Waals surface area (Å²) in [6.07, 6.45) is 5.25. The SMILES string of the molecule is O=C(C1CCCCN1C(=O)C1=NN(Cc2ccccc2)C(=O)CC1)N1CCCC1. The molecule has 0 N–H and O–H groups in total. The number of carbonyl (C=O) groups is 3. The number of benzene rings is 1. The molecule has 29 heavy (non-hydrogen) atoms. The molecule has 3 heterocycles. The second-order valence-electron chi connectivity index (χ2n) is 8.03. The van der Waals surface area contributed by atoms with Gasteiger partial charge in [0.25, 0.3) is 5.91 Å². The Morgan fingerprint density at radius 3 is 2.45 bits per heavy atom. The third kappa shape index (κ3) is 4.33. The number of likely N-dealkylation sites (tertiary alicyclic amines) is 2. The first-order chi connectivity index (χ1) is 14.1. The van der Waals surface area contributed by atoms with Crippen molar-refractivity contribution in [1.82, 2.24) is 14.8 Å². The standard InChI is InChI=1S/C22H28N4O3/c27-20-12-11-18(23-26(20)16-17-8-2-1-3-9-17)21(28)25-15-5-4-10-19(25)22(29)24-13-6-7-14-24/h1-3,8-9,19H,4-7,10-16H2. The van der Waals surface area contributed by atoms with Crippen molar-refractivity contribution in [3.05, 3.63) is 35.9 Å². The van der Waals surface area contributed by atoms with Gasteiger partial charge in [-0.15, -0.1) is 0 Å². The minimum absolute atomic E-state index is 0.0733. The fourth-order valence-electron chi connectivity index (χ4n) is 4.38. The molecule has 154 valence electrons. The van der Waals surface area contributed by atoms with Crippen LogP contribution in [-0.4, -0.2) is 63.9 Å². The van der Waals surface area contributed by atoms with Crippen LogP contribution in [0.25, 0.3) is 0 Å². The lowest BCUT2D eigenvalue weighted by Crippen LogP contribution is -2.54. The van der Waals surface area contributed by atoms with Crippen LogP contribution < -0.4 is 0 Å². The van der Waals surface area contributed by atoms with Gasteiger partial charge in [0.1, 0.15) is 11.8 Å². The molecule has 1 unspecified atom stereocenters. The Kier molecular flexibility index (Phi) is 5.92. The van der Waals surface area contributed by atoms with Crippen LogP contribution >= 0.6 is 0 Å². The van der Waals surface area contributed by atoms with E-state index in [1.807, 2.05) is 35.2 Å². The van der Waals surface area contributed by atoms with Gasteiger partial charge in [-0.2, -0.15) is 5.10 Å². The van der Waals surface area contributed by atoms with Crippen LogP contribution in [0.5, 0.6) is 0 Å². The van der Waals surface area contributed by atoms with Crippen molar-refractivity contribution in [3.8, 4) is 0 Å². The zero-order valence-electron chi connectivity index (χ0n) is 16.8. The van der Waals surface area contributed by atoms with E-state index in [-0.39, 0.29) is 24.1 Å². The van der Waals surface area contributed by atoms with Crippen molar-refractivity contribution in [1.29, 1.82) is 0 Å². The van der Waals surface area contributed by atoms with Gasteiger partial charge in [-0.3, -0.25) is 14.4 Å². The summed E-state index contributed by atoms with van der Waals surface area (Å²) in [6.45, 7) is 2.51. The van der Waals surface area contributed by atoms with E-state index in [1.54, 1.807) is 4.90 Å². The molecule has 1 aromatic rings. The zero-order valence-corrected chi connectivity index (χ0v) is 16.8. The van der Waals surface area contributed by atoms with Gasteiger partial charge in [0.15, 0.2) is 0 Å². The number of amides is 3. The van der Waals surface area contributed by atoms with E-state index in [0.29, 0.717) is 31.6 Å². The maximum atomic E-state index is 13.3. The predicted octanol–water partition coefficient (Wildman–Crippen LogP) is 2.17. The fraction of sp³-hybridized carbons (Fsp3) is 0.545. The van der Waals surface area contributed by atoms with Gasteiger partial charge >= 0.3 is 0 Å². The minimum Gasteiger partial charge on any atom is -0.341 e. The van der Waals surface area contributed by atoms with Crippen LogP contribution in [-0.2, 0) is 20.9 Å². The second kappa shape index (κ2) is 8.76. The van der Waals surface area contributed by atoms with Crippen LogP contribution in [0.1, 0.15) is 50.5 Å². The van der Waals surface area contributed by atoms with Crippen molar-refractivity contribution in [2.45, 2.75) is 57.5 Å². The summed E-state index contributed by atoms with van der Waals surface area (Å²) in [5.41, 5.74) is 1.36. The maximum absolute atomic E-state index is 13.3. The number of hydrogen-bond donors (Lipinski definition) is 0. The van der Waals surface area contributed by atoms with Crippen LogP contribution in [0.15, 0.2) is 35.4 Å². The highest BCUT2D eigenvalue weighted by Gasteiger charge is 2.38. The molecule has 2 fully saturated rings. The van der Waals surface area contributed by atoms with E-state index >= 15 is 0 Å². The Bertz CT molecular complexity index is 802. The summed E-state index contributed by atoms with van der Waals surface area (Å²) >= 11 is 0. The van der Waals surface area contributed by atoms with E-state index in [4.69, 9.17) is 0 Å². The molecule has 1 aromatic carbocycles. The summed E-state index contributed by atoms with van der Waals surface area (Å²) < 4.78 is 0. The van der Waals surface area contributed by atoms with Crippen molar-refractivity contribution < 1.29 is 14.4 Å². The van der Waals surface area contributed by atoms with Crippen LogP contribution in [0.2, 0.25) is 0 Å². The summed E-state index contributed by atoms with van der Waals surface area (Å²) in [5, 5.41) is 5.80. The first-order valence-electron chi connectivity index (χ1n) is 10.6. The molecule has 4 rings (SSSR count). The van der Waals surface area contributed by atoms with Crippen molar-refractivity contribution in [2.75, 3.05) is 19.6 Å². The molecule has 7 heteroatoms. The fourth-order valence-corrected chi connectivity index (χ4v) is 4.38. The number of nitrogens with zero attached hydrogens (tertiary/aromatic N) is 4. The van der Waals surface area contributed by atoms with Gasteiger partial charge in [0.2, 0.25) is 11.8 Å². The molecular weight excluding hydrogens is 368 g/mol. The van der Waals surface area contributed by atoms with E-state index < -0.39 is 6.04 Å². The van der Waals surface area contributed by atoms with Crippen LogP contribution in [0, 0.1) is 0 Å². The molecular formula is C22H28N4O3. The normalized spacial score (nSPS) is 22.6. The highest BCUT2D eigenvalue weighted by atomic mass is 16.2. The molecule has 0 aliphatic carbocycles. The molecule has 7 nitrogen and oxygen atoms in total. The summed E-state index contributed by atoms with van der Waals surface area (Å²) in [7, 11) is 0.